The van der Waals surface area contributed by atoms with E-state index in [4.69, 9.17) is 14.2 Å². The summed E-state index contributed by atoms with van der Waals surface area (Å²) in [5.41, 5.74) is 0.679. The summed E-state index contributed by atoms with van der Waals surface area (Å²) in [6, 6.07) is 4.69. The number of esters is 1. The summed E-state index contributed by atoms with van der Waals surface area (Å²) < 4.78 is 38.7. The van der Waals surface area contributed by atoms with Crippen LogP contribution in [0.1, 0.15) is 18.9 Å². The summed E-state index contributed by atoms with van der Waals surface area (Å²) >= 11 is 0. The predicted octanol–water partition coefficient (Wildman–Crippen LogP) is 1.51. The van der Waals surface area contributed by atoms with Gasteiger partial charge in [-0.3, -0.25) is 4.79 Å². The van der Waals surface area contributed by atoms with Crippen LogP contribution in [0.5, 0.6) is 11.5 Å². The predicted molar refractivity (Wildman–Crippen MR) is 108 cm³/mol. The zero-order valence-electron chi connectivity index (χ0n) is 16.4. The molecule has 0 radical (unpaired) electrons. The van der Waals surface area contributed by atoms with Crippen molar-refractivity contribution in [2.75, 3.05) is 25.2 Å². The van der Waals surface area contributed by atoms with Crippen LogP contribution in [0.15, 0.2) is 36.9 Å². The molecule has 29 heavy (non-hydrogen) atoms. The molecule has 0 saturated carbocycles. The standard InChI is InChI=1S/C20H25NO7S/c1-4-10-27-17-7-5-15(12-18(17)26-3)6-8-19(22)28-14(2)20(23)21-16-9-11-29(24,25)13-16/h4-8,12,14,16H,1,9-11,13H2,2-3H3,(H,21,23)/b8-6+/t14-,16-/m1/s1. The Labute approximate surface area is 170 Å². The number of nitrogens with one attached hydrogen (secondary N) is 1. The molecule has 0 aromatic heterocycles. The Balaban J connectivity index is 1.89. The topological polar surface area (TPSA) is 108 Å². The van der Waals surface area contributed by atoms with Gasteiger partial charge < -0.3 is 19.5 Å². The molecule has 158 valence electrons. The number of sulfone groups is 1. The quantitative estimate of drug-likeness (QED) is 0.364. The van der Waals surface area contributed by atoms with Crippen molar-refractivity contribution in [3.05, 3.63) is 42.5 Å². The Morgan fingerprint density at radius 1 is 1.34 bits per heavy atom. The molecule has 0 spiro atoms. The molecular weight excluding hydrogens is 398 g/mol. The fourth-order valence-electron chi connectivity index (χ4n) is 2.71. The summed E-state index contributed by atoms with van der Waals surface area (Å²) in [6.07, 6.45) is 3.66. The highest BCUT2D eigenvalue weighted by Crippen LogP contribution is 2.28. The van der Waals surface area contributed by atoms with Gasteiger partial charge in [0.1, 0.15) is 6.61 Å². The van der Waals surface area contributed by atoms with E-state index in [1.165, 1.54) is 26.2 Å². The third kappa shape index (κ3) is 6.94. The van der Waals surface area contributed by atoms with Crippen LogP contribution in [0, 0.1) is 0 Å². The highest BCUT2D eigenvalue weighted by atomic mass is 32.2. The van der Waals surface area contributed by atoms with E-state index < -0.39 is 33.9 Å². The first-order chi connectivity index (χ1) is 13.7. The van der Waals surface area contributed by atoms with Crippen molar-refractivity contribution in [2.24, 2.45) is 0 Å². The van der Waals surface area contributed by atoms with Crippen molar-refractivity contribution in [2.45, 2.75) is 25.5 Å². The largest absolute Gasteiger partial charge is 0.493 e. The smallest absolute Gasteiger partial charge is 0.331 e. The average Bonchev–Trinajstić information content (AvgIpc) is 3.03. The number of benzene rings is 1. The van der Waals surface area contributed by atoms with Gasteiger partial charge in [0, 0.05) is 12.1 Å². The Kier molecular flexibility index (Phi) is 7.83. The molecule has 1 saturated heterocycles. The number of carbonyl (C=O) groups is 2. The van der Waals surface area contributed by atoms with Crippen LogP contribution < -0.4 is 14.8 Å². The molecule has 2 rings (SSSR count). The summed E-state index contributed by atoms with van der Waals surface area (Å²) in [6.45, 7) is 5.35. The van der Waals surface area contributed by atoms with Crippen molar-refractivity contribution in [3.8, 4) is 11.5 Å². The summed E-state index contributed by atoms with van der Waals surface area (Å²) in [5.74, 6) is -0.214. The lowest BCUT2D eigenvalue weighted by Crippen LogP contribution is -2.42. The summed E-state index contributed by atoms with van der Waals surface area (Å²) in [7, 11) is -1.59. The highest BCUT2D eigenvalue weighted by Gasteiger charge is 2.30. The van der Waals surface area contributed by atoms with Crippen LogP contribution in [0.4, 0.5) is 0 Å². The lowest BCUT2D eigenvalue weighted by Gasteiger charge is -2.15. The second-order valence-electron chi connectivity index (χ2n) is 6.53. The number of amides is 1. The Morgan fingerprint density at radius 2 is 2.10 bits per heavy atom. The molecule has 9 heteroatoms. The number of methoxy groups -OCH3 is 1. The maximum Gasteiger partial charge on any atom is 0.331 e. The average molecular weight is 423 g/mol. The van der Waals surface area contributed by atoms with Gasteiger partial charge in [-0.1, -0.05) is 18.7 Å². The summed E-state index contributed by atoms with van der Waals surface area (Å²) in [4.78, 5) is 24.1. The molecule has 1 aliphatic heterocycles. The fraction of sp³-hybridized carbons (Fsp3) is 0.400. The molecule has 1 fully saturated rings. The van der Waals surface area contributed by atoms with Crippen molar-refractivity contribution in [1.29, 1.82) is 0 Å². The number of rotatable bonds is 9. The van der Waals surface area contributed by atoms with Crippen molar-refractivity contribution in [3.63, 3.8) is 0 Å². The molecule has 2 atom stereocenters. The van der Waals surface area contributed by atoms with Crippen LogP contribution in [0.3, 0.4) is 0 Å². The van der Waals surface area contributed by atoms with Gasteiger partial charge in [-0.15, -0.1) is 0 Å². The van der Waals surface area contributed by atoms with Crippen LogP contribution in [0.25, 0.3) is 6.08 Å². The SMILES string of the molecule is C=CCOc1ccc(/C=C/C(=O)O[C@H](C)C(=O)N[C@@H]2CCS(=O)(=O)C2)cc1OC. The maximum absolute atomic E-state index is 12.1. The molecule has 0 bridgehead atoms. The molecular formula is C20H25NO7S. The van der Waals surface area contributed by atoms with E-state index in [2.05, 4.69) is 11.9 Å². The maximum atomic E-state index is 12.1. The van der Waals surface area contributed by atoms with Crippen LogP contribution in [-0.4, -0.2) is 57.7 Å². The third-order valence-electron chi connectivity index (χ3n) is 4.20. The molecule has 1 heterocycles. The number of hydrogen-bond donors (Lipinski definition) is 1. The van der Waals surface area contributed by atoms with Crippen LogP contribution in [0.2, 0.25) is 0 Å². The molecule has 1 N–H and O–H groups in total. The Bertz CT molecular complexity index is 892. The summed E-state index contributed by atoms with van der Waals surface area (Å²) in [5, 5.41) is 2.59. The molecule has 0 unspecified atom stereocenters. The molecule has 1 aromatic carbocycles. The van der Waals surface area contributed by atoms with Crippen LogP contribution in [-0.2, 0) is 24.2 Å². The van der Waals surface area contributed by atoms with Crippen LogP contribution >= 0.6 is 0 Å². The first-order valence-corrected chi connectivity index (χ1v) is 10.9. The van der Waals surface area contributed by atoms with Gasteiger partial charge in [0.15, 0.2) is 27.4 Å². The zero-order valence-corrected chi connectivity index (χ0v) is 17.2. The molecule has 8 nitrogen and oxygen atoms in total. The van der Waals surface area contributed by atoms with Crippen molar-refractivity contribution >= 4 is 27.8 Å². The van der Waals surface area contributed by atoms with E-state index >= 15 is 0 Å². The number of hydrogen-bond acceptors (Lipinski definition) is 7. The van der Waals surface area contributed by atoms with Gasteiger partial charge in [-0.25, -0.2) is 13.2 Å². The minimum Gasteiger partial charge on any atom is -0.493 e. The molecule has 0 aliphatic carbocycles. The third-order valence-corrected chi connectivity index (χ3v) is 5.97. The number of ether oxygens (including phenoxy) is 3. The van der Waals surface area contributed by atoms with Crippen molar-refractivity contribution in [1.82, 2.24) is 5.32 Å². The van der Waals surface area contributed by atoms with E-state index in [0.717, 1.165) is 0 Å². The first kappa shape index (κ1) is 22.5. The molecule has 1 aromatic rings. The van der Waals surface area contributed by atoms with E-state index in [1.54, 1.807) is 24.3 Å². The van der Waals surface area contributed by atoms with Gasteiger partial charge in [-0.05, 0) is 37.1 Å². The van der Waals surface area contributed by atoms with Crippen molar-refractivity contribution < 1.29 is 32.2 Å². The monoisotopic (exact) mass is 423 g/mol. The Morgan fingerprint density at radius 3 is 2.72 bits per heavy atom. The van der Waals surface area contributed by atoms with E-state index in [0.29, 0.717) is 30.1 Å². The molecule has 1 aliphatic rings. The zero-order chi connectivity index (χ0) is 21.4. The lowest BCUT2D eigenvalue weighted by molar-refractivity contribution is -0.150. The second-order valence-corrected chi connectivity index (χ2v) is 8.76. The minimum atomic E-state index is -3.10. The van der Waals surface area contributed by atoms with E-state index in [-0.39, 0.29) is 11.5 Å². The minimum absolute atomic E-state index is 0.0513. The van der Waals surface area contributed by atoms with Gasteiger partial charge in [0.25, 0.3) is 5.91 Å². The van der Waals surface area contributed by atoms with Gasteiger partial charge >= 0.3 is 5.97 Å². The highest BCUT2D eigenvalue weighted by molar-refractivity contribution is 7.91. The normalized spacial score (nSPS) is 18.8. The molecule has 1 amide bonds. The second kappa shape index (κ2) is 10.1. The first-order valence-electron chi connectivity index (χ1n) is 9.05. The van der Waals surface area contributed by atoms with Gasteiger partial charge in [0.05, 0.1) is 18.6 Å². The fourth-order valence-corrected chi connectivity index (χ4v) is 4.39. The van der Waals surface area contributed by atoms with E-state index in [1.807, 2.05) is 0 Å². The number of carbonyl (C=O) groups excluding carboxylic acids is 2. The lowest BCUT2D eigenvalue weighted by atomic mass is 10.2. The van der Waals surface area contributed by atoms with Gasteiger partial charge in [-0.2, -0.15) is 0 Å². The van der Waals surface area contributed by atoms with E-state index in [9.17, 15) is 18.0 Å². The van der Waals surface area contributed by atoms with Gasteiger partial charge in [0.2, 0.25) is 0 Å². The Hall–Kier alpha value is -2.81.